The van der Waals surface area contributed by atoms with Crippen LogP contribution in [0.3, 0.4) is 0 Å². The van der Waals surface area contributed by atoms with Gasteiger partial charge in [0.1, 0.15) is 5.41 Å². The molecule has 134 valence electrons. The van der Waals surface area contributed by atoms with E-state index in [1.807, 2.05) is 57.2 Å². The third-order valence-corrected chi connectivity index (χ3v) is 4.71. The predicted octanol–water partition coefficient (Wildman–Crippen LogP) is 4.69. The Kier molecular flexibility index (Phi) is 4.76. The van der Waals surface area contributed by atoms with Crippen LogP contribution in [0.4, 0.5) is 0 Å². The molecule has 0 aromatic heterocycles. The zero-order valence-electron chi connectivity index (χ0n) is 15.2. The lowest BCUT2D eigenvalue weighted by Gasteiger charge is -2.29. The van der Waals surface area contributed by atoms with Crippen LogP contribution in [0.2, 0.25) is 5.02 Å². The minimum absolute atomic E-state index is 0.153. The standard InChI is InChI=1S/C22H22ClNO2/c1-21(2,3)24-20(26)22(13-12-15-8-10-17(23)11-9-15)14-16-6-4-5-7-18(16)19(22)25/h4-13H,14H2,1-3H3,(H,24,26)/b13-12+/t22-/m0/s1. The normalized spacial score (nSPS) is 19.6. The van der Waals surface area contributed by atoms with Crippen LogP contribution in [0.1, 0.15) is 42.3 Å². The lowest BCUT2D eigenvalue weighted by atomic mass is 9.81. The number of hydrogen-bond acceptors (Lipinski definition) is 2. The highest BCUT2D eigenvalue weighted by molar-refractivity contribution is 6.30. The zero-order chi connectivity index (χ0) is 18.9. The molecule has 2 aromatic rings. The summed E-state index contributed by atoms with van der Waals surface area (Å²) in [6, 6.07) is 14.7. The number of hydrogen-bond donors (Lipinski definition) is 1. The molecule has 0 saturated carbocycles. The highest BCUT2D eigenvalue weighted by Crippen LogP contribution is 2.39. The number of benzene rings is 2. The highest BCUT2D eigenvalue weighted by Gasteiger charge is 2.50. The second-order valence-corrected chi connectivity index (χ2v) is 8.16. The first kappa shape index (κ1) is 18.4. The van der Waals surface area contributed by atoms with Crippen LogP contribution >= 0.6 is 11.6 Å². The molecule has 1 N–H and O–H groups in total. The van der Waals surface area contributed by atoms with Gasteiger partial charge in [0.05, 0.1) is 0 Å². The lowest BCUT2D eigenvalue weighted by Crippen LogP contribution is -2.51. The van der Waals surface area contributed by atoms with Crippen LogP contribution in [0.15, 0.2) is 54.6 Å². The second kappa shape index (κ2) is 6.73. The predicted molar refractivity (Wildman–Crippen MR) is 105 cm³/mol. The summed E-state index contributed by atoms with van der Waals surface area (Å²) in [5.74, 6) is -0.420. The van der Waals surface area contributed by atoms with Crippen molar-refractivity contribution in [3.63, 3.8) is 0 Å². The first-order chi connectivity index (χ1) is 12.2. The summed E-state index contributed by atoms with van der Waals surface area (Å²) in [5.41, 5.74) is 0.768. The summed E-state index contributed by atoms with van der Waals surface area (Å²) in [7, 11) is 0. The average Bonchev–Trinajstić information content (AvgIpc) is 2.87. The molecule has 0 fully saturated rings. The number of nitrogens with one attached hydrogen (secondary N) is 1. The van der Waals surface area contributed by atoms with Crippen LogP contribution in [-0.2, 0) is 11.2 Å². The minimum Gasteiger partial charge on any atom is -0.350 e. The third-order valence-electron chi connectivity index (χ3n) is 4.46. The fraction of sp³-hybridized carbons (Fsp3) is 0.273. The maximum absolute atomic E-state index is 13.2. The van der Waals surface area contributed by atoms with E-state index in [0.717, 1.165) is 11.1 Å². The van der Waals surface area contributed by atoms with E-state index in [-0.39, 0.29) is 11.7 Å². The van der Waals surface area contributed by atoms with Gasteiger partial charge in [0.15, 0.2) is 5.78 Å². The van der Waals surface area contributed by atoms with Crippen molar-refractivity contribution in [3.05, 3.63) is 76.3 Å². The maximum atomic E-state index is 13.2. The van der Waals surface area contributed by atoms with E-state index in [4.69, 9.17) is 11.6 Å². The molecule has 0 heterocycles. The van der Waals surface area contributed by atoms with E-state index < -0.39 is 11.0 Å². The number of fused-ring (bicyclic) bond motifs is 1. The molecule has 0 aliphatic heterocycles. The number of amides is 1. The van der Waals surface area contributed by atoms with Gasteiger partial charge in [-0.3, -0.25) is 9.59 Å². The molecule has 0 spiro atoms. The first-order valence-electron chi connectivity index (χ1n) is 8.61. The number of carbonyl (C=O) groups is 2. The van der Waals surface area contributed by atoms with E-state index in [1.54, 1.807) is 24.3 Å². The topological polar surface area (TPSA) is 46.2 Å². The molecular weight excluding hydrogens is 346 g/mol. The number of halogens is 1. The number of ketones is 1. The van der Waals surface area contributed by atoms with Gasteiger partial charge in [0.2, 0.25) is 5.91 Å². The van der Waals surface area contributed by atoms with Crippen molar-refractivity contribution in [2.75, 3.05) is 0 Å². The van der Waals surface area contributed by atoms with Gasteiger partial charge in [-0.1, -0.05) is 60.2 Å². The van der Waals surface area contributed by atoms with Crippen molar-refractivity contribution in [3.8, 4) is 0 Å². The fourth-order valence-electron chi connectivity index (χ4n) is 3.18. The van der Waals surface area contributed by atoms with Gasteiger partial charge < -0.3 is 5.32 Å². The molecule has 3 rings (SSSR count). The van der Waals surface area contributed by atoms with Crippen LogP contribution in [0.5, 0.6) is 0 Å². The first-order valence-corrected chi connectivity index (χ1v) is 8.99. The molecule has 1 atom stereocenters. The molecular formula is C22H22ClNO2. The van der Waals surface area contributed by atoms with Gasteiger partial charge in [-0.25, -0.2) is 0 Å². The lowest BCUT2D eigenvalue weighted by molar-refractivity contribution is -0.127. The van der Waals surface area contributed by atoms with Crippen LogP contribution < -0.4 is 5.32 Å². The van der Waals surface area contributed by atoms with Crippen LogP contribution in [0, 0.1) is 5.41 Å². The van der Waals surface area contributed by atoms with Gasteiger partial charge in [-0.2, -0.15) is 0 Å². The Bertz CT molecular complexity index is 878. The summed E-state index contributed by atoms with van der Waals surface area (Å²) < 4.78 is 0. The van der Waals surface area contributed by atoms with E-state index in [1.165, 1.54) is 0 Å². The summed E-state index contributed by atoms with van der Waals surface area (Å²) in [6.45, 7) is 5.73. The number of carbonyl (C=O) groups excluding carboxylic acids is 2. The van der Waals surface area contributed by atoms with E-state index >= 15 is 0 Å². The smallest absolute Gasteiger partial charge is 0.238 e. The Balaban J connectivity index is 2.02. The van der Waals surface area contributed by atoms with Crippen LogP contribution in [-0.4, -0.2) is 17.2 Å². The maximum Gasteiger partial charge on any atom is 0.238 e. The molecule has 4 heteroatoms. The second-order valence-electron chi connectivity index (χ2n) is 7.72. The monoisotopic (exact) mass is 367 g/mol. The quantitative estimate of drug-likeness (QED) is 0.799. The minimum atomic E-state index is -1.23. The Morgan fingerprint density at radius 3 is 2.38 bits per heavy atom. The Hall–Kier alpha value is -2.39. The van der Waals surface area contributed by atoms with Crippen molar-refractivity contribution < 1.29 is 9.59 Å². The summed E-state index contributed by atoms with van der Waals surface area (Å²) >= 11 is 5.93. The average molecular weight is 368 g/mol. The van der Waals surface area contributed by atoms with Crippen molar-refractivity contribution in [2.45, 2.75) is 32.7 Å². The Morgan fingerprint density at radius 2 is 1.77 bits per heavy atom. The Labute approximate surface area is 159 Å². The van der Waals surface area contributed by atoms with E-state index in [9.17, 15) is 9.59 Å². The third kappa shape index (κ3) is 3.58. The van der Waals surface area contributed by atoms with E-state index in [0.29, 0.717) is 17.0 Å². The van der Waals surface area contributed by atoms with Gasteiger partial charge in [-0.15, -0.1) is 0 Å². The molecule has 1 aliphatic carbocycles. The fourth-order valence-corrected chi connectivity index (χ4v) is 3.30. The van der Waals surface area contributed by atoms with Gasteiger partial charge in [0.25, 0.3) is 0 Å². The highest BCUT2D eigenvalue weighted by atomic mass is 35.5. The van der Waals surface area contributed by atoms with Crippen molar-refractivity contribution in [1.29, 1.82) is 0 Å². The molecule has 0 radical (unpaired) electrons. The number of Topliss-reactive ketones (excluding diaryl/α,β-unsaturated/α-hetero) is 1. The Morgan fingerprint density at radius 1 is 1.12 bits per heavy atom. The molecule has 26 heavy (non-hydrogen) atoms. The van der Waals surface area contributed by atoms with Gasteiger partial charge in [0, 0.05) is 16.1 Å². The number of rotatable bonds is 3. The molecule has 1 amide bonds. The summed E-state index contributed by atoms with van der Waals surface area (Å²) in [6.07, 6.45) is 3.93. The molecule has 0 unspecified atom stereocenters. The largest absolute Gasteiger partial charge is 0.350 e. The molecule has 0 bridgehead atoms. The summed E-state index contributed by atoms with van der Waals surface area (Å²) in [5, 5.41) is 3.63. The SMILES string of the molecule is CC(C)(C)NC(=O)[C@@]1(/C=C/c2ccc(Cl)cc2)Cc2ccccc2C1=O. The zero-order valence-corrected chi connectivity index (χ0v) is 15.9. The molecule has 3 nitrogen and oxygen atoms in total. The van der Waals surface area contributed by atoms with Crippen LogP contribution in [0.25, 0.3) is 6.08 Å². The van der Waals surface area contributed by atoms with Gasteiger partial charge in [-0.05, 0) is 50.5 Å². The van der Waals surface area contributed by atoms with Crippen molar-refractivity contribution >= 4 is 29.4 Å². The summed E-state index contributed by atoms with van der Waals surface area (Å²) in [4.78, 5) is 26.3. The van der Waals surface area contributed by atoms with Crippen molar-refractivity contribution in [2.24, 2.45) is 5.41 Å². The molecule has 1 aliphatic rings. The van der Waals surface area contributed by atoms with Gasteiger partial charge >= 0.3 is 0 Å². The van der Waals surface area contributed by atoms with Crippen molar-refractivity contribution in [1.82, 2.24) is 5.32 Å². The molecule has 0 saturated heterocycles. The molecule has 2 aromatic carbocycles. The van der Waals surface area contributed by atoms with E-state index in [2.05, 4.69) is 5.32 Å².